The van der Waals surface area contributed by atoms with E-state index in [1.54, 1.807) is 5.38 Å². The van der Waals surface area contributed by atoms with Crippen LogP contribution in [0.4, 0.5) is 18.3 Å². The molecule has 1 amide bonds. The second-order valence-corrected chi connectivity index (χ2v) is 6.54. The Labute approximate surface area is 134 Å². The van der Waals surface area contributed by atoms with Crippen LogP contribution in [0.3, 0.4) is 0 Å². The number of carbonyl (C=O) groups excluding carboxylic acids is 1. The van der Waals surface area contributed by atoms with Crippen molar-refractivity contribution in [3.05, 3.63) is 39.0 Å². The molecule has 0 aliphatic carbocycles. The number of aromatic nitrogens is 2. The van der Waals surface area contributed by atoms with Crippen molar-refractivity contribution < 1.29 is 18.0 Å². The minimum atomic E-state index is -4.52. The molecular formula is C12H6F3N3OS3. The van der Waals surface area contributed by atoms with Gasteiger partial charge in [-0.2, -0.15) is 24.5 Å². The molecular weight excluding hydrogens is 355 g/mol. The molecule has 0 fully saturated rings. The molecule has 1 N–H and O–H groups in total. The minimum absolute atomic E-state index is 0.109. The maximum atomic E-state index is 12.4. The van der Waals surface area contributed by atoms with E-state index in [2.05, 4.69) is 15.3 Å². The first-order valence-corrected chi connectivity index (χ1v) is 8.46. The van der Waals surface area contributed by atoms with E-state index in [1.807, 2.05) is 16.8 Å². The highest BCUT2D eigenvalue weighted by Gasteiger charge is 2.34. The van der Waals surface area contributed by atoms with Crippen molar-refractivity contribution in [1.29, 1.82) is 0 Å². The average Bonchev–Trinajstić information content (AvgIpc) is 3.18. The summed E-state index contributed by atoms with van der Waals surface area (Å²) in [5.74, 6) is -0.583. The first kappa shape index (κ1) is 15.1. The number of nitrogens with zero attached hydrogens (tertiary/aromatic N) is 2. The Morgan fingerprint density at radius 2 is 1.95 bits per heavy atom. The predicted octanol–water partition coefficient (Wildman–Crippen LogP) is 4.60. The molecule has 0 saturated heterocycles. The summed E-state index contributed by atoms with van der Waals surface area (Å²) in [6, 6.07) is 1.88. The Bertz CT molecular complexity index is 792. The number of rotatable bonds is 3. The molecule has 0 atom stereocenters. The first-order valence-electron chi connectivity index (χ1n) is 5.75. The number of amides is 1. The van der Waals surface area contributed by atoms with Gasteiger partial charge in [0.2, 0.25) is 0 Å². The summed E-state index contributed by atoms with van der Waals surface area (Å²) < 4.78 is 37.3. The number of thiazole rings is 2. The third-order valence-corrected chi connectivity index (χ3v) is 4.85. The predicted molar refractivity (Wildman–Crippen MR) is 80.5 cm³/mol. The zero-order valence-corrected chi connectivity index (χ0v) is 13.0. The van der Waals surface area contributed by atoms with E-state index in [-0.39, 0.29) is 10.8 Å². The highest BCUT2D eigenvalue weighted by Crippen LogP contribution is 2.32. The van der Waals surface area contributed by atoms with Crippen LogP contribution in [0.15, 0.2) is 27.6 Å². The number of hydrogen-bond acceptors (Lipinski definition) is 6. The number of nitrogens with one attached hydrogen (secondary N) is 1. The third kappa shape index (κ3) is 3.18. The van der Waals surface area contributed by atoms with Crippen LogP contribution in [0.25, 0.3) is 10.6 Å². The lowest BCUT2D eigenvalue weighted by atomic mass is 10.3. The highest BCUT2D eigenvalue weighted by molar-refractivity contribution is 7.14. The van der Waals surface area contributed by atoms with Crippen LogP contribution in [0, 0.1) is 0 Å². The van der Waals surface area contributed by atoms with Gasteiger partial charge in [-0.25, -0.2) is 9.97 Å². The number of thiophene rings is 1. The zero-order chi connectivity index (χ0) is 15.7. The molecule has 3 heterocycles. The van der Waals surface area contributed by atoms with Crippen molar-refractivity contribution in [3.8, 4) is 10.6 Å². The fourth-order valence-corrected chi connectivity index (χ4v) is 3.74. The Morgan fingerprint density at radius 1 is 1.14 bits per heavy atom. The SMILES string of the molecule is O=C(Nc1nc(C(F)(F)F)cs1)c1csc(-c2ccsc2)n1. The largest absolute Gasteiger partial charge is 0.434 e. The van der Waals surface area contributed by atoms with Crippen molar-refractivity contribution in [1.82, 2.24) is 9.97 Å². The molecule has 0 bridgehead atoms. The maximum Gasteiger partial charge on any atom is 0.434 e. The monoisotopic (exact) mass is 361 g/mol. The van der Waals surface area contributed by atoms with Crippen LogP contribution < -0.4 is 5.32 Å². The Balaban J connectivity index is 1.74. The molecule has 0 aromatic carbocycles. The average molecular weight is 361 g/mol. The van der Waals surface area contributed by atoms with Crippen molar-refractivity contribution in [3.63, 3.8) is 0 Å². The summed E-state index contributed by atoms with van der Waals surface area (Å²) in [5, 5.41) is 9.10. The topological polar surface area (TPSA) is 54.9 Å². The second-order valence-electron chi connectivity index (χ2n) is 4.04. The Hall–Kier alpha value is -1.78. The molecule has 114 valence electrons. The maximum absolute atomic E-state index is 12.4. The zero-order valence-electron chi connectivity index (χ0n) is 10.5. The van der Waals surface area contributed by atoms with E-state index < -0.39 is 17.8 Å². The van der Waals surface area contributed by atoms with E-state index >= 15 is 0 Å². The van der Waals surface area contributed by atoms with Crippen LogP contribution in [-0.2, 0) is 6.18 Å². The van der Waals surface area contributed by atoms with E-state index in [9.17, 15) is 18.0 Å². The molecule has 3 rings (SSSR count). The van der Waals surface area contributed by atoms with Crippen molar-refractivity contribution in [2.75, 3.05) is 5.32 Å². The highest BCUT2D eigenvalue weighted by atomic mass is 32.1. The van der Waals surface area contributed by atoms with E-state index in [1.165, 1.54) is 22.7 Å². The lowest BCUT2D eigenvalue weighted by Gasteiger charge is -2.00. The van der Waals surface area contributed by atoms with Gasteiger partial charge >= 0.3 is 6.18 Å². The molecule has 0 aliphatic rings. The molecule has 0 aliphatic heterocycles. The van der Waals surface area contributed by atoms with Crippen molar-refractivity contribution in [2.24, 2.45) is 0 Å². The van der Waals surface area contributed by atoms with Gasteiger partial charge in [0, 0.05) is 21.7 Å². The van der Waals surface area contributed by atoms with Crippen LogP contribution >= 0.6 is 34.0 Å². The molecule has 0 radical (unpaired) electrons. The van der Waals surface area contributed by atoms with Gasteiger partial charge < -0.3 is 0 Å². The van der Waals surface area contributed by atoms with Gasteiger partial charge in [-0.05, 0) is 11.4 Å². The number of carbonyl (C=O) groups is 1. The molecule has 0 unspecified atom stereocenters. The first-order chi connectivity index (χ1) is 10.4. The summed E-state index contributed by atoms with van der Waals surface area (Å²) in [7, 11) is 0. The molecule has 3 aromatic heterocycles. The van der Waals surface area contributed by atoms with E-state index in [0.717, 1.165) is 22.3 Å². The minimum Gasteiger partial charge on any atom is -0.296 e. The summed E-state index contributed by atoms with van der Waals surface area (Å²) in [6.07, 6.45) is -4.52. The third-order valence-electron chi connectivity index (χ3n) is 2.52. The number of anilines is 1. The molecule has 10 heteroatoms. The standard InChI is InChI=1S/C12H6F3N3OS3/c13-12(14,15)8-5-22-11(17-8)18-9(19)7-4-21-10(16-7)6-1-2-20-3-6/h1-5H,(H,17,18,19). The molecule has 3 aromatic rings. The molecule has 22 heavy (non-hydrogen) atoms. The number of alkyl halides is 3. The Kier molecular flexibility index (Phi) is 3.98. The van der Waals surface area contributed by atoms with Crippen LogP contribution in [0.2, 0.25) is 0 Å². The van der Waals surface area contributed by atoms with Gasteiger partial charge in [-0.3, -0.25) is 10.1 Å². The number of halogens is 3. The normalized spacial score (nSPS) is 11.6. The summed E-state index contributed by atoms with van der Waals surface area (Å²) in [5.41, 5.74) is 0.0302. The summed E-state index contributed by atoms with van der Waals surface area (Å²) in [6.45, 7) is 0. The van der Waals surface area contributed by atoms with Crippen molar-refractivity contribution >= 4 is 45.0 Å². The lowest BCUT2D eigenvalue weighted by Crippen LogP contribution is -2.13. The summed E-state index contributed by atoms with van der Waals surface area (Å²) >= 11 is 3.52. The van der Waals surface area contributed by atoms with Crippen LogP contribution in [-0.4, -0.2) is 15.9 Å². The van der Waals surface area contributed by atoms with E-state index in [0.29, 0.717) is 5.01 Å². The fourth-order valence-electron chi connectivity index (χ4n) is 1.52. The second kappa shape index (κ2) is 5.78. The molecule has 0 spiro atoms. The lowest BCUT2D eigenvalue weighted by molar-refractivity contribution is -0.140. The quantitative estimate of drug-likeness (QED) is 0.742. The van der Waals surface area contributed by atoms with Gasteiger partial charge in [0.25, 0.3) is 5.91 Å². The Morgan fingerprint density at radius 3 is 2.59 bits per heavy atom. The summed E-state index contributed by atoms with van der Waals surface area (Å²) in [4.78, 5) is 19.5. The fraction of sp³-hybridized carbons (Fsp3) is 0.0833. The smallest absolute Gasteiger partial charge is 0.296 e. The van der Waals surface area contributed by atoms with Gasteiger partial charge in [0.05, 0.1) is 0 Å². The van der Waals surface area contributed by atoms with Gasteiger partial charge in [-0.1, -0.05) is 0 Å². The van der Waals surface area contributed by atoms with Gasteiger partial charge in [0.1, 0.15) is 10.7 Å². The molecule has 4 nitrogen and oxygen atoms in total. The number of hydrogen-bond donors (Lipinski definition) is 1. The van der Waals surface area contributed by atoms with Gasteiger partial charge in [-0.15, -0.1) is 22.7 Å². The van der Waals surface area contributed by atoms with Crippen LogP contribution in [0.1, 0.15) is 16.2 Å². The van der Waals surface area contributed by atoms with Crippen LogP contribution in [0.5, 0.6) is 0 Å². The van der Waals surface area contributed by atoms with Gasteiger partial charge in [0.15, 0.2) is 10.8 Å². The molecule has 0 saturated carbocycles. The van der Waals surface area contributed by atoms with Crippen molar-refractivity contribution in [2.45, 2.75) is 6.18 Å². The van der Waals surface area contributed by atoms with E-state index in [4.69, 9.17) is 0 Å².